The summed E-state index contributed by atoms with van der Waals surface area (Å²) in [4.78, 5) is 5.94. The molecule has 2 heterocycles. The first-order valence-electron chi connectivity index (χ1n) is 6.05. The second-order valence-corrected chi connectivity index (χ2v) is 5.31. The number of rotatable bonds is 2. The van der Waals surface area contributed by atoms with Crippen LogP contribution in [0.15, 0.2) is 29.2 Å². The zero-order valence-electron chi connectivity index (χ0n) is 9.89. The van der Waals surface area contributed by atoms with E-state index in [9.17, 15) is 0 Å². The molecule has 17 heavy (non-hydrogen) atoms. The van der Waals surface area contributed by atoms with Crippen LogP contribution in [0.1, 0.15) is 25.0 Å². The Morgan fingerprint density at radius 2 is 2.24 bits per heavy atom. The summed E-state index contributed by atoms with van der Waals surface area (Å²) in [6, 6.07) is 8.44. The van der Waals surface area contributed by atoms with Crippen molar-refractivity contribution in [2.24, 2.45) is 0 Å². The molecule has 0 spiro atoms. The van der Waals surface area contributed by atoms with Crippen LogP contribution < -0.4 is 0 Å². The number of hydrogen-bond donors (Lipinski definition) is 0. The first-order valence-corrected chi connectivity index (χ1v) is 7.04. The van der Waals surface area contributed by atoms with Crippen LogP contribution in [0.5, 0.6) is 0 Å². The van der Waals surface area contributed by atoms with E-state index in [1.165, 1.54) is 10.6 Å². The highest BCUT2D eigenvalue weighted by atomic mass is 32.2. The molecule has 0 amide bonds. The summed E-state index contributed by atoms with van der Waals surface area (Å²) in [5, 5.41) is 4.63. The normalized spacial score (nSPS) is 13.9. The highest BCUT2D eigenvalue weighted by Gasteiger charge is 2.17. The second-order valence-electron chi connectivity index (χ2n) is 4.17. The molecule has 0 N–H and O–H groups in total. The van der Waals surface area contributed by atoms with Crippen molar-refractivity contribution < 1.29 is 0 Å². The van der Waals surface area contributed by atoms with Gasteiger partial charge < -0.3 is 0 Å². The molecule has 88 valence electrons. The maximum Gasteiger partial charge on any atom is 0.151 e. The van der Waals surface area contributed by atoms with Gasteiger partial charge in [0.15, 0.2) is 5.82 Å². The van der Waals surface area contributed by atoms with Crippen LogP contribution in [0, 0.1) is 0 Å². The minimum atomic E-state index is 0.968. The number of thioether (sulfide) groups is 1. The Kier molecular flexibility index (Phi) is 2.89. The van der Waals surface area contributed by atoms with Crippen molar-refractivity contribution in [2.45, 2.75) is 31.1 Å². The van der Waals surface area contributed by atoms with E-state index in [0.29, 0.717) is 0 Å². The van der Waals surface area contributed by atoms with E-state index in [1.807, 2.05) is 16.4 Å². The second kappa shape index (κ2) is 4.53. The maximum atomic E-state index is 4.64. The molecule has 3 nitrogen and oxygen atoms in total. The van der Waals surface area contributed by atoms with Crippen LogP contribution in [0.3, 0.4) is 0 Å². The molecule has 3 rings (SSSR count). The molecule has 0 aliphatic carbocycles. The van der Waals surface area contributed by atoms with Crippen LogP contribution in [0.4, 0.5) is 0 Å². The van der Waals surface area contributed by atoms with Crippen LogP contribution in [-0.4, -0.2) is 20.5 Å². The summed E-state index contributed by atoms with van der Waals surface area (Å²) in [5.74, 6) is 3.16. The van der Waals surface area contributed by atoms with E-state index >= 15 is 0 Å². The molecular weight excluding hydrogens is 230 g/mol. The molecule has 0 saturated carbocycles. The molecule has 1 aromatic carbocycles. The van der Waals surface area contributed by atoms with Gasteiger partial charge in [0.1, 0.15) is 5.82 Å². The first kappa shape index (κ1) is 10.8. The minimum absolute atomic E-state index is 0.968. The van der Waals surface area contributed by atoms with E-state index < -0.39 is 0 Å². The number of hydrogen-bond acceptors (Lipinski definition) is 3. The lowest BCUT2D eigenvalue weighted by atomic mass is 10.3. The van der Waals surface area contributed by atoms with Crippen molar-refractivity contribution in [3.05, 3.63) is 35.9 Å². The van der Waals surface area contributed by atoms with Gasteiger partial charge in [-0.25, -0.2) is 9.67 Å². The van der Waals surface area contributed by atoms with E-state index in [4.69, 9.17) is 0 Å². The zero-order chi connectivity index (χ0) is 11.7. The van der Waals surface area contributed by atoms with Crippen molar-refractivity contribution in [3.63, 3.8) is 0 Å². The topological polar surface area (TPSA) is 30.7 Å². The molecule has 0 unspecified atom stereocenters. The monoisotopic (exact) mass is 245 g/mol. The third-order valence-electron chi connectivity index (χ3n) is 2.87. The molecule has 0 saturated heterocycles. The lowest BCUT2D eigenvalue weighted by Gasteiger charge is -2.05. The lowest BCUT2D eigenvalue weighted by molar-refractivity contribution is 0.774. The SMILES string of the molecule is CCCc1nc2n(n1)-c1ccccc1SCC2. The van der Waals surface area contributed by atoms with E-state index in [-0.39, 0.29) is 0 Å². The summed E-state index contributed by atoms with van der Waals surface area (Å²) in [7, 11) is 0. The number of aryl methyl sites for hydroxylation is 2. The third-order valence-corrected chi connectivity index (χ3v) is 3.93. The molecule has 0 bridgehead atoms. The molecular formula is C13H15N3S. The Morgan fingerprint density at radius 3 is 3.12 bits per heavy atom. The van der Waals surface area contributed by atoms with Crippen LogP contribution >= 0.6 is 11.8 Å². The van der Waals surface area contributed by atoms with Crippen molar-refractivity contribution in [3.8, 4) is 5.69 Å². The molecule has 4 heteroatoms. The predicted molar refractivity (Wildman–Crippen MR) is 69.8 cm³/mol. The van der Waals surface area contributed by atoms with Gasteiger partial charge in [0.05, 0.1) is 5.69 Å². The van der Waals surface area contributed by atoms with Crippen LogP contribution in [0.25, 0.3) is 5.69 Å². The number of para-hydroxylation sites is 1. The zero-order valence-corrected chi connectivity index (χ0v) is 10.7. The quantitative estimate of drug-likeness (QED) is 0.815. The Labute approximate surface area is 105 Å². The number of aromatic nitrogens is 3. The molecule has 1 aliphatic heterocycles. The van der Waals surface area contributed by atoms with Gasteiger partial charge in [0.2, 0.25) is 0 Å². The average Bonchev–Trinajstić information content (AvgIpc) is 2.66. The van der Waals surface area contributed by atoms with Gasteiger partial charge in [0.25, 0.3) is 0 Å². The number of fused-ring (bicyclic) bond motifs is 3. The third kappa shape index (κ3) is 1.97. The fourth-order valence-electron chi connectivity index (χ4n) is 2.08. The first-order chi connectivity index (χ1) is 8.38. The molecule has 0 radical (unpaired) electrons. The Hall–Kier alpha value is -1.29. The summed E-state index contributed by atoms with van der Waals surface area (Å²) >= 11 is 1.89. The van der Waals surface area contributed by atoms with Crippen LogP contribution in [-0.2, 0) is 12.8 Å². The summed E-state index contributed by atoms with van der Waals surface area (Å²) in [5.41, 5.74) is 1.18. The van der Waals surface area contributed by atoms with Gasteiger partial charge >= 0.3 is 0 Å². The van der Waals surface area contributed by atoms with Gasteiger partial charge in [-0.05, 0) is 18.6 Å². The summed E-state index contributed by atoms with van der Waals surface area (Å²) in [6.45, 7) is 2.16. The Balaban J connectivity index is 2.11. The van der Waals surface area contributed by atoms with E-state index in [0.717, 1.165) is 36.7 Å². The molecule has 2 aromatic rings. The maximum absolute atomic E-state index is 4.64. The number of benzene rings is 1. The van der Waals surface area contributed by atoms with E-state index in [1.54, 1.807) is 0 Å². The molecule has 0 fully saturated rings. The van der Waals surface area contributed by atoms with Crippen molar-refractivity contribution in [1.82, 2.24) is 14.8 Å². The molecule has 1 aliphatic rings. The largest absolute Gasteiger partial charge is 0.216 e. The van der Waals surface area contributed by atoms with Crippen molar-refractivity contribution >= 4 is 11.8 Å². The summed E-state index contributed by atoms with van der Waals surface area (Å²) < 4.78 is 2.03. The fraction of sp³-hybridized carbons (Fsp3) is 0.385. The van der Waals surface area contributed by atoms with Crippen molar-refractivity contribution in [2.75, 3.05) is 5.75 Å². The average molecular weight is 245 g/mol. The van der Waals surface area contributed by atoms with Gasteiger partial charge in [-0.1, -0.05) is 19.1 Å². The van der Waals surface area contributed by atoms with Gasteiger partial charge in [-0.15, -0.1) is 11.8 Å². The van der Waals surface area contributed by atoms with Crippen LogP contribution in [0.2, 0.25) is 0 Å². The number of nitrogens with zero attached hydrogens (tertiary/aromatic N) is 3. The highest BCUT2D eigenvalue weighted by Crippen LogP contribution is 2.29. The lowest BCUT2D eigenvalue weighted by Crippen LogP contribution is -2.02. The molecule has 0 atom stereocenters. The van der Waals surface area contributed by atoms with Gasteiger partial charge in [-0.2, -0.15) is 5.10 Å². The Morgan fingerprint density at radius 1 is 1.35 bits per heavy atom. The Bertz CT molecular complexity index is 533. The molecule has 1 aromatic heterocycles. The smallest absolute Gasteiger partial charge is 0.151 e. The minimum Gasteiger partial charge on any atom is -0.216 e. The fourth-order valence-corrected chi connectivity index (χ4v) is 3.06. The predicted octanol–water partition coefficient (Wildman–Crippen LogP) is 2.87. The van der Waals surface area contributed by atoms with Gasteiger partial charge in [0, 0.05) is 23.5 Å². The van der Waals surface area contributed by atoms with Crippen molar-refractivity contribution in [1.29, 1.82) is 0 Å². The highest BCUT2D eigenvalue weighted by molar-refractivity contribution is 7.99. The standard InChI is InChI=1S/C13H15N3S/c1-2-5-12-14-13-8-9-17-11-7-4-3-6-10(11)16(13)15-12/h3-4,6-7H,2,5,8-9H2,1H3. The summed E-state index contributed by atoms with van der Waals surface area (Å²) in [6.07, 6.45) is 3.06. The van der Waals surface area contributed by atoms with Gasteiger partial charge in [-0.3, -0.25) is 0 Å². The van der Waals surface area contributed by atoms with E-state index in [2.05, 4.69) is 41.3 Å².